The molecule has 4 aromatic rings. The second-order valence-electron chi connectivity index (χ2n) is 8.93. The van der Waals surface area contributed by atoms with Crippen molar-refractivity contribution in [1.29, 1.82) is 0 Å². The first-order valence-corrected chi connectivity index (χ1v) is 11.5. The van der Waals surface area contributed by atoms with E-state index in [0.717, 1.165) is 49.2 Å². The van der Waals surface area contributed by atoms with Crippen LogP contribution in [0.4, 0.5) is 0 Å². The van der Waals surface area contributed by atoms with Gasteiger partial charge in [0, 0.05) is 28.1 Å². The van der Waals surface area contributed by atoms with Crippen molar-refractivity contribution in [3.8, 4) is 0 Å². The Morgan fingerprint density at radius 1 is 0.812 bits per heavy atom. The molecule has 2 heterocycles. The first kappa shape index (κ1) is 20.7. The Bertz CT molecular complexity index is 1200. The lowest BCUT2D eigenvalue weighted by Gasteiger charge is -2.35. The van der Waals surface area contributed by atoms with Gasteiger partial charge in [-0.1, -0.05) is 72.8 Å². The van der Waals surface area contributed by atoms with Crippen molar-refractivity contribution in [1.82, 2.24) is 0 Å². The fourth-order valence-corrected chi connectivity index (χ4v) is 5.10. The molecule has 1 fully saturated rings. The largest absolute Gasteiger partial charge is 0.423 e. The molecule has 0 atom stereocenters. The van der Waals surface area contributed by atoms with Crippen LogP contribution < -0.4 is 15.4 Å². The molecule has 0 saturated carbocycles. The van der Waals surface area contributed by atoms with Crippen molar-refractivity contribution >= 4 is 11.0 Å². The number of benzene rings is 3. The van der Waals surface area contributed by atoms with Crippen LogP contribution in [0.25, 0.3) is 11.0 Å². The molecule has 0 amide bonds. The summed E-state index contributed by atoms with van der Waals surface area (Å²) in [4.78, 5) is 15.3. The molecule has 4 nitrogen and oxygen atoms in total. The van der Waals surface area contributed by atoms with E-state index in [1.807, 2.05) is 13.0 Å². The van der Waals surface area contributed by atoms with Crippen molar-refractivity contribution in [2.45, 2.75) is 19.5 Å². The summed E-state index contributed by atoms with van der Waals surface area (Å²) in [6.07, 6.45) is 0. The van der Waals surface area contributed by atoms with Crippen molar-refractivity contribution in [3.05, 3.63) is 118 Å². The number of rotatable bonds is 5. The Kier molecular flexibility index (Phi) is 5.89. The smallest absolute Gasteiger partial charge is 0.336 e. The van der Waals surface area contributed by atoms with Gasteiger partial charge >= 0.3 is 5.63 Å². The van der Waals surface area contributed by atoms with Gasteiger partial charge in [0.2, 0.25) is 0 Å². The maximum atomic E-state index is 12.1. The summed E-state index contributed by atoms with van der Waals surface area (Å²) in [6, 6.07) is 29.9. The number of hydrogen-bond acceptors (Lipinski definition) is 2. The molecule has 0 aliphatic carbocycles. The number of aryl methyl sites for hydroxylation is 1. The summed E-state index contributed by atoms with van der Waals surface area (Å²) in [5, 5.41) is 1.06. The molecule has 1 aromatic heterocycles. The third kappa shape index (κ3) is 4.38. The molecule has 0 spiro atoms. The first-order chi connectivity index (χ1) is 15.7. The summed E-state index contributed by atoms with van der Waals surface area (Å²) in [5.74, 6) is 0. The highest BCUT2D eigenvalue weighted by molar-refractivity contribution is 5.80. The highest BCUT2D eigenvalue weighted by Crippen LogP contribution is 2.19. The summed E-state index contributed by atoms with van der Waals surface area (Å²) in [6.45, 7) is 7.25. The molecule has 0 radical (unpaired) electrons. The Hall–Kier alpha value is -3.21. The Morgan fingerprint density at radius 3 is 2.06 bits per heavy atom. The van der Waals surface area contributed by atoms with E-state index >= 15 is 0 Å². The number of quaternary nitrogens is 2. The fraction of sp³-hybridized carbons (Fsp3) is 0.250. The molecule has 0 bridgehead atoms. The van der Waals surface area contributed by atoms with Crippen molar-refractivity contribution in [3.63, 3.8) is 0 Å². The van der Waals surface area contributed by atoms with Gasteiger partial charge in [0.15, 0.2) is 0 Å². The number of piperazine rings is 1. The van der Waals surface area contributed by atoms with Crippen LogP contribution in [0.15, 0.2) is 94.1 Å². The third-order valence-electron chi connectivity index (χ3n) is 6.70. The van der Waals surface area contributed by atoms with Gasteiger partial charge in [0.05, 0.1) is 0 Å². The molecular formula is C28H30N2O2+2. The summed E-state index contributed by atoms with van der Waals surface area (Å²) >= 11 is 0. The molecule has 32 heavy (non-hydrogen) atoms. The van der Waals surface area contributed by atoms with E-state index in [1.165, 1.54) is 16.0 Å². The highest BCUT2D eigenvalue weighted by Gasteiger charge is 2.32. The number of hydrogen-bond donors (Lipinski definition) is 2. The molecule has 2 N–H and O–H groups in total. The number of nitrogens with one attached hydrogen (secondary N) is 2. The van der Waals surface area contributed by atoms with E-state index < -0.39 is 0 Å². The van der Waals surface area contributed by atoms with Gasteiger partial charge in [-0.25, -0.2) is 4.79 Å². The van der Waals surface area contributed by atoms with Crippen LogP contribution in [0.2, 0.25) is 0 Å². The van der Waals surface area contributed by atoms with Crippen molar-refractivity contribution in [2.75, 3.05) is 26.2 Å². The molecule has 5 rings (SSSR count). The topological polar surface area (TPSA) is 39.1 Å². The van der Waals surface area contributed by atoms with E-state index in [0.29, 0.717) is 11.6 Å². The van der Waals surface area contributed by atoms with Gasteiger partial charge in [0.1, 0.15) is 44.3 Å². The second kappa shape index (κ2) is 9.11. The zero-order valence-corrected chi connectivity index (χ0v) is 18.5. The van der Waals surface area contributed by atoms with Crippen LogP contribution in [0, 0.1) is 6.92 Å². The minimum Gasteiger partial charge on any atom is -0.423 e. The molecule has 1 aliphatic rings. The van der Waals surface area contributed by atoms with Crippen LogP contribution in [0.3, 0.4) is 0 Å². The maximum absolute atomic E-state index is 12.1. The lowest BCUT2D eigenvalue weighted by atomic mass is 9.96. The monoisotopic (exact) mass is 426 g/mol. The SMILES string of the molecule is Cc1ccc2c(C[NH+]3CC[NH+](C(c4ccccc4)c4ccccc4)CC3)cc(=O)oc2c1. The Labute approximate surface area is 188 Å². The molecule has 1 saturated heterocycles. The predicted octanol–water partition coefficient (Wildman–Crippen LogP) is 2.17. The van der Waals surface area contributed by atoms with E-state index in [9.17, 15) is 4.79 Å². The van der Waals surface area contributed by atoms with Gasteiger partial charge in [-0.05, 0) is 18.6 Å². The Morgan fingerprint density at radius 2 is 1.44 bits per heavy atom. The van der Waals surface area contributed by atoms with Gasteiger partial charge in [-0.3, -0.25) is 0 Å². The van der Waals surface area contributed by atoms with Gasteiger partial charge < -0.3 is 14.2 Å². The van der Waals surface area contributed by atoms with Crippen LogP contribution >= 0.6 is 0 Å². The zero-order valence-electron chi connectivity index (χ0n) is 18.5. The van der Waals surface area contributed by atoms with Crippen molar-refractivity contribution < 1.29 is 14.2 Å². The zero-order chi connectivity index (χ0) is 21.9. The average Bonchev–Trinajstić information content (AvgIpc) is 2.81. The van der Waals surface area contributed by atoms with Crippen LogP contribution in [0.1, 0.15) is 28.3 Å². The lowest BCUT2D eigenvalue weighted by molar-refractivity contribution is -1.03. The highest BCUT2D eigenvalue weighted by atomic mass is 16.4. The summed E-state index contributed by atoms with van der Waals surface area (Å²) in [5.41, 5.74) is 5.39. The lowest BCUT2D eigenvalue weighted by Crippen LogP contribution is -3.27. The summed E-state index contributed by atoms with van der Waals surface area (Å²) < 4.78 is 5.45. The quantitative estimate of drug-likeness (QED) is 0.480. The molecule has 4 heteroatoms. The van der Waals surface area contributed by atoms with E-state index in [4.69, 9.17) is 4.42 Å². The molecule has 162 valence electrons. The van der Waals surface area contributed by atoms with Crippen LogP contribution in [0.5, 0.6) is 0 Å². The van der Waals surface area contributed by atoms with Gasteiger partial charge in [0.25, 0.3) is 0 Å². The second-order valence-corrected chi connectivity index (χ2v) is 8.93. The van der Waals surface area contributed by atoms with Crippen LogP contribution in [-0.4, -0.2) is 26.2 Å². The molecule has 3 aromatic carbocycles. The standard InChI is InChI=1S/C28H28N2O2/c1-21-12-13-25-24(19-27(31)32-26(25)18-21)20-29-14-16-30(17-15-29)28(22-8-4-2-5-9-22)23-10-6-3-7-11-23/h2-13,18-19,28H,14-17,20H2,1H3/p+2. The average molecular weight is 427 g/mol. The minimum atomic E-state index is -0.255. The van der Waals surface area contributed by atoms with E-state index in [2.05, 4.69) is 72.8 Å². The minimum absolute atomic E-state index is 0.255. The van der Waals surface area contributed by atoms with Crippen LogP contribution in [-0.2, 0) is 6.54 Å². The number of fused-ring (bicyclic) bond motifs is 1. The normalized spacial score (nSPS) is 18.8. The van der Waals surface area contributed by atoms with Gasteiger partial charge in [-0.15, -0.1) is 0 Å². The molecular weight excluding hydrogens is 396 g/mol. The first-order valence-electron chi connectivity index (χ1n) is 11.5. The fourth-order valence-electron chi connectivity index (χ4n) is 5.10. The third-order valence-corrected chi connectivity index (χ3v) is 6.70. The van der Waals surface area contributed by atoms with Crippen molar-refractivity contribution in [2.24, 2.45) is 0 Å². The molecule has 0 unspecified atom stereocenters. The Balaban J connectivity index is 1.35. The van der Waals surface area contributed by atoms with Gasteiger partial charge in [-0.2, -0.15) is 0 Å². The van der Waals surface area contributed by atoms with E-state index in [-0.39, 0.29) is 5.63 Å². The predicted molar refractivity (Wildman–Crippen MR) is 127 cm³/mol. The van der Waals surface area contributed by atoms with E-state index in [1.54, 1.807) is 11.0 Å². The summed E-state index contributed by atoms with van der Waals surface area (Å²) in [7, 11) is 0. The molecule has 1 aliphatic heterocycles. The maximum Gasteiger partial charge on any atom is 0.336 e.